The molecule has 0 aromatic heterocycles. The van der Waals surface area contributed by atoms with Crippen molar-refractivity contribution in [2.24, 2.45) is 40.9 Å². The Bertz CT molecular complexity index is 377. The van der Waals surface area contributed by atoms with Crippen LogP contribution in [0.1, 0.15) is 12.8 Å². The van der Waals surface area contributed by atoms with E-state index in [1.165, 1.54) is 6.42 Å². The fourth-order valence-corrected chi connectivity index (χ4v) is 5.84. The van der Waals surface area contributed by atoms with E-state index in [0.29, 0.717) is 41.7 Å². The van der Waals surface area contributed by atoms with Crippen LogP contribution in [0.4, 0.5) is 0 Å². The Morgan fingerprint density at radius 3 is 2.46 bits per heavy atom. The van der Waals surface area contributed by atoms with Gasteiger partial charge in [0.25, 0.3) is 0 Å². The second-order valence-electron chi connectivity index (χ2n) is 5.70. The van der Waals surface area contributed by atoms with Gasteiger partial charge in [-0.1, -0.05) is 0 Å². The quantitative estimate of drug-likeness (QED) is 0.540. The van der Waals surface area contributed by atoms with E-state index >= 15 is 0 Å². The molecule has 6 rings (SSSR count). The van der Waals surface area contributed by atoms with E-state index in [0.717, 1.165) is 0 Å². The molecule has 6 saturated carbocycles. The van der Waals surface area contributed by atoms with E-state index in [1.54, 1.807) is 0 Å². The summed E-state index contributed by atoms with van der Waals surface area (Å²) in [4.78, 5) is 23.7. The second kappa shape index (κ2) is 1.23. The van der Waals surface area contributed by atoms with Crippen LogP contribution in [0.25, 0.3) is 0 Å². The van der Waals surface area contributed by atoms with Crippen molar-refractivity contribution in [1.82, 2.24) is 0 Å². The molecule has 66 valence electrons. The number of ketones is 2. The first-order valence-corrected chi connectivity index (χ1v) is 5.34. The molecule has 0 N–H and O–H groups in total. The molecule has 0 aromatic rings. The summed E-state index contributed by atoms with van der Waals surface area (Å²) in [6, 6.07) is 0. The zero-order valence-electron chi connectivity index (χ0n) is 7.19. The molecule has 2 nitrogen and oxygen atoms in total. The molecule has 7 atom stereocenters. The molecule has 0 radical (unpaired) electrons. The summed E-state index contributed by atoms with van der Waals surface area (Å²) < 4.78 is 0. The third kappa shape index (κ3) is 0.291. The Labute approximate surface area is 75.7 Å². The highest BCUT2D eigenvalue weighted by Crippen LogP contribution is 2.87. The fourth-order valence-electron chi connectivity index (χ4n) is 5.84. The molecule has 7 bridgehead atoms. The number of rotatable bonds is 0. The molecule has 0 heterocycles. The first kappa shape index (κ1) is 5.94. The smallest absolute Gasteiger partial charge is 0.144 e. The summed E-state index contributed by atoms with van der Waals surface area (Å²) in [5.41, 5.74) is -0.0637. The van der Waals surface area contributed by atoms with Crippen LogP contribution >= 0.6 is 0 Å². The summed E-state index contributed by atoms with van der Waals surface area (Å²) in [6.07, 6.45) is 1.91. The average Bonchev–Trinajstić information content (AvgIpc) is 2.44. The van der Waals surface area contributed by atoms with Crippen LogP contribution in [0.15, 0.2) is 0 Å². The molecule has 6 aliphatic rings. The van der Waals surface area contributed by atoms with Crippen molar-refractivity contribution in [3.8, 4) is 0 Å². The van der Waals surface area contributed by atoms with Crippen molar-refractivity contribution in [2.75, 3.05) is 0 Å². The van der Waals surface area contributed by atoms with Crippen LogP contribution < -0.4 is 0 Å². The minimum Gasteiger partial charge on any atom is -0.299 e. The third-order valence-corrected chi connectivity index (χ3v) is 6.02. The van der Waals surface area contributed by atoms with Gasteiger partial charge in [-0.15, -0.1) is 0 Å². The number of hydrogen-bond donors (Lipinski definition) is 0. The van der Waals surface area contributed by atoms with Gasteiger partial charge in [0.1, 0.15) is 11.6 Å². The Morgan fingerprint density at radius 1 is 1.08 bits per heavy atom. The van der Waals surface area contributed by atoms with Gasteiger partial charge in [-0.3, -0.25) is 9.59 Å². The first-order chi connectivity index (χ1) is 6.27. The predicted molar refractivity (Wildman–Crippen MR) is 42.6 cm³/mol. The Morgan fingerprint density at radius 2 is 1.77 bits per heavy atom. The summed E-state index contributed by atoms with van der Waals surface area (Å²) in [5, 5.41) is 0. The number of hydrogen-bond acceptors (Lipinski definition) is 2. The minimum absolute atomic E-state index is 0.0637. The third-order valence-electron chi connectivity index (χ3n) is 6.02. The number of carbonyl (C=O) groups excluding carboxylic acids is 2. The highest BCUT2D eigenvalue weighted by molar-refractivity contribution is 6.08. The van der Waals surface area contributed by atoms with Gasteiger partial charge < -0.3 is 0 Å². The van der Waals surface area contributed by atoms with Gasteiger partial charge in [0.15, 0.2) is 0 Å². The van der Waals surface area contributed by atoms with Gasteiger partial charge in [-0.05, 0) is 30.1 Å². The lowest BCUT2D eigenvalue weighted by molar-refractivity contribution is -0.181. The number of carbonyl (C=O) groups is 2. The van der Waals surface area contributed by atoms with Gasteiger partial charge in [-0.2, -0.15) is 0 Å². The summed E-state index contributed by atoms with van der Waals surface area (Å²) in [5.74, 6) is 4.02. The van der Waals surface area contributed by atoms with Crippen molar-refractivity contribution >= 4 is 11.6 Å². The van der Waals surface area contributed by atoms with E-state index in [1.807, 2.05) is 0 Å². The lowest BCUT2D eigenvalue weighted by Gasteiger charge is -2.60. The van der Waals surface area contributed by atoms with Crippen LogP contribution in [0.5, 0.6) is 0 Å². The van der Waals surface area contributed by atoms with Crippen LogP contribution in [-0.2, 0) is 9.59 Å². The second-order valence-corrected chi connectivity index (χ2v) is 5.70. The molecule has 2 heteroatoms. The van der Waals surface area contributed by atoms with Gasteiger partial charge in [0.05, 0.1) is 0 Å². The fraction of sp³-hybridized carbons (Fsp3) is 0.818. The molecule has 0 amide bonds. The molecular weight excluding hydrogens is 164 g/mol. The van der Waals surface area contributed by atoms with E-state index in [9.17, 15) is 9.59 Å². The van der Waals surface area contributed by atoms with Crippen LogP contribution in [0.2, 0.25) is 0 Å². The Kier molecular flexibility index (Phi) is 0.564. The topological polar surface area (TPSA) is 34.1 Å². The maximum Gasteiger partial charge on any atom is 0.144 e. The monoisotopic (exact) mass is 174 g/mol. The van der Waals surface area contributed by atoms with Gasteiger partial charge in [0.2, 0.25) is 0 Å². The summed E-state index contributed by atoms with van der Waals surface area (Å²) >= 11 is 0. The molecule has 0 aromatic carbocycles. The lowest BCUT2D eigenvalue weighted by Crippen LogP contribution is -2.66. The molecule has 0 aliphatic heterocycles. The first-order valence-electron chi connectivity index (χ1n) is 5.34. The molecule has 1 spiro atoms. The maximum atomic E-state index is 12.0. The van der Waals surface area contributed by atoms with Gasteiger partial charge in [0, 0.05) is 23.7 Å². The molecule has 6 aliphatic carbocycles. The van der Waals surface area contributed by atoms with Crippen molar-refractivity contribution in [3.05, 3.63) is 0 Å². The van der Waals surface area contributed by atoms with Crippen LogP contribution in [-0.4, -0.2) is 11.6 Å². The maximum absolute atomic E-state index is 12.0. The highest BCUT2D eigenvalue weighted by atomic mass is 16.1. The van der Waals surface area contributed by atoms with E-state index in [4.69, 9.17) is 0 Å². The normalized spacial score (nSPS) is 74.2. The SMILES string of the molecule is O=C1CC23C(=O)C4C1C1C4C2CC13. The van der Waals surface area contributed by atoms with Gasteiger partial charge in [-0.25, -0.2) is 0 Å². The largest absolute Gasteiger partial charge is 0.299 e. The molecule has 0 saturated heterocycles. The van der Waals surface area contributed by atoms with E-state index in [2.05, 4.69) is 0 Å². The Hall–Kier alpha value is -0.660. The van der Waals surface area contributed by atoms with Crippen LogP contribution in [0, 0.1) is 40.9 Å². The van der Waals surface area contributed by atoms with E-state index < -0.39 is 0 Å². The predicted octanol–water partition coefficient (Wildman–Crippen LogP) is 0.656. The standard InChI is InChI=1S/C11H10O2/c12-5-2-11-3-1-4(11)7-6(3)8(5)9(7)10(11)13/h3-4,6-9H,1-2H2. The zero-order chi connectivity index (χ0) is 8.53. The zero-order valence-corrected chi connectivity index (χ0v) is 7.19. The van der Waals surface area contributed by atoms with Crippen molar-refractivity contribution in [2.45, 2.75) is 12.8 Å². The number of fused-ring (bicyclic) bond motifs is 1. The molecule has 13 heavy (non-hydrogen) atoms. The highest BCUT2D eigenvalue weighted by Gasteiger charge is 2.90. The number of Topliss-reactive ketones (excluding diaryl/α,β-unsaturated/α-hetero) is 2. The van der Waals surface area contributed by atoms with E-state index in [-0.39, 0.29) is 17.3 Å². The molecule has 7 unspecified atom stereocenters. The minimum atomic E-state index is -0.0637. The Balaban J connectivity index is 1.91. The lowest BCUT2D eigenvalue weighted by atomic mass is 9.41. The van der Waals surface area contributed by atoms with Crippen molar-refractivity contribution in [3.63, 3.8) is 0 Å². The van der Waals surface area contributed by atoms with Crippen molar-refractivity contribution in [1.29, 1.82) is 0 Å². The summed E-state index contributed by atoms with van der Waals surface area (Å²) in [7, 11) is 0. The summed E-state index contributed by atoms with van der Waals surface area (Å²) in [6.45, 7) is 0. The van der Waals surface area contributed by atoms with Crippen LogP contribution in [0.3, 0.4) is 0 Å². The molecule has 6 fully saturated rings. The molecular formula is C11H10O2. The van der Waals surface area contributed by atoms with Crippen molar-refractivity contribution < 1.29 is 9.59 Å². The van der Waals surface area contributed by atoms with Gasteiger partial charge >= 0.3 is 0 Å². The average molecular weight is 174 g/mol.